The standard InChI is InChI=1S/C15H33N3/c1-5-14(3)18-12-10-17(11-13-18)9-7-8-15(6-2)16-4/h14-16H,5-13H2,1-4H3. The Balaban J connectivity index is 2.12. The van der Waals surface area contributed by atoms with E-state index in [2.05, 4.69) is 42.9 Å². The highest BCUT2D eigenvalue weighted by atomic mass is 15.3. The van der Waals surface area contributed by atoms with Crippen molar-refractivity contribution in [3.8, 4) is 0 Å². The van der Waals surface area contributed by atoms with E-state index in [-0.39, 0.29) is 0 Å². The normalized spacial score (nSPS) is 22.0. The van der Waals surface area contributed by atoms with Gasteiger partial charge >= 0.3 is 0 Å². The van der Waals surface area contributed by atoms with Crippen LogP contribution in [-0.2, 0) is 0 Å². The van der Waals surface area contributed by atoms with E-state index in [1.54, 1.807) is 0 Å². The molecule has 0 spiro atoms. The Morgan fingerprint density at radius 1 is 1.06 bits per heavy atom. The summed E-state index contributed by atoms with van der Waals surface area (Å²) in [5, 5.41) is 3.39. The van der Waals surface area contributed by atoms with E-state index >= 15 is 0 Å². The molecule has 0 aromatic carbocycles. The van der Waals surface area contributed by atoms with Crippen LogP contribution >= 0.6 is 0 Å². The van der Waals surface area contributed by atoms with Crippen LogP contribution in [0.4, 0.5) is 0 Å². The Kier molecular flexibility index (Phi) is 7.87. The molecule has 0 amide bonds. The van der Waals surface area contributed by atoms with Crippen LogP contribution in [0.15, 0.2) is 0 Å². The maximum Gasteiger partial charge on any atom is 0.0113 e. The van der Waals surface area contributed by atoms with Gasteiger partial charge in [-0.3, -0.25) is 4.90 Å². The van der Waals surface area contributed by atoms with Crippen LogP contribution in [0.3, 0.4) is 0 Å². The van der Waals surface area contributed by atoms with Gasteiger partial charge < -0.3 is 10.2 Å². The van der Waals surface area contributed by atoms with E-state index in [4.69, 9.17) is 0 Å². The predicted octanol–water partition coefficient (Wildman–Crippen LogP) is 2.18. The molecule has 1 heterocycles. The van der Waals surface area contributed by atoms with Gasteiger partial charge in [0.15, 0.2) is 0 Å². The molecular formula is C15H33N3. The lowest BCUT2D eigenvalue weighted by atomic mass is 10.1. The van der Waals surface area contributed by atoms with E-state index in [0.717, 1.165) is 6.04 Å². The molecule has 1 aliphatic rings. The minimum atomic E-state index is 0.714. The first kappa shape index (κ1) is 15.9. The van der Waals surface area contributed by atoms with Crippen LogP contribution in [0, 0.1) is 0 Å². The summed E-state index contributed by atoms with van der Waals surface area (Å²) < 4.78 is 0. The van der Waals surface area contributed by atoms with Crippen molar-refractivity contribution in [3.63, 3.8) is 0 Å². The van der Waals surface area contributed by atoms with Crippen molar-refractivity contribution in [3.05, 3.63) is 0 Å². The predicted molar refractivity (Wildman–Crippen MR) is 80.1 cm³/mol. The Labute approximate surface area is 114 Å². The Hall–Kier alpha value is -0.120. The van der Waals surface area contributed by atoms with Crippen LogP contribution in [0.1, 0.15) is 46.5 Å². The third kappa shape index (κ3) is 5.25. The van der Waals surface area contributed by atoms with Gasteiger partial charge in [0.1, 0.15) is 0 Å². The Morgan fingerprint density at radius 2 is 1.72 bits per heavy atom. The fourth-order valence-corrected chi connectivity index (χ4v) is 2.80. The monoisotopic (exact) mass is 255 g/mol. The highest BCUT2D eigenvalue weighted by molar-refractivity contribution is 4.76. The third-order valence-electron chi connectivity index (χ3n) is 4.55. The third-order valence-corrected chi connectivity index (χ3v) is 4.55. The summed E-state index contributed by atoms with van der Waals surface area (Å²) in [5.74, 6) is 0. The zero-order chi connectivity index (χ0) is 13.4. The second kappa shape index (κ2) is 8.89. The molecule has 1 N–H and O–H groups in total. The number of rotatable bonds is 8. The quantitative estimate of drug-likeness (QED) is 0.717. The fourth-order valence-electron chi connectivity index (χ4n) is 2.80. The first-order valence-electron chi connectivity index (χ1n) is 7.84. The molecular weight excluding hydrogens is 222 g/mol. The number of hydrogen-bond donors (Lipinski definition) is 1. The van der Waals surface area contributed by atoms with Gasteiger partial charge in [-0.1, -0.05) is 13.8 Å². The van der Waals surface area contributed by atoms with Crippen molar-refractivity contribution < 1.29 is 0 Å². The average molecular weight is 255 g/mol. The molecule has 3 heteroatoms. The van der Waals surface area contributed by atoms with Crippen LogP contribution in [0.2, 0.25) is 0 Å². The maximum absolute atomic E-state index is 3.39. The van der Waals surface area contributed by atoms with Crippen LogP contribution in [0.25, 0.3) is 0 Å². The largest absolute Gasteiger partial charge is 0.317 e. The van der Waals surface area contributed by atoms with Crippen molar-refractivity contribution in [2.75, 3.05) is 39.8 Å². The van der Waals surface area contributed by atoms with Gasteiger partial charge in [-0.05, 0) is 46.2 Å². The molecule has 2 atom stereocenters. The molecule has 1 aliphatic heterocycles. The number of piperazine rings is 1. The van der Waals surface area contributed by atoms with Gasteiger partial charge in [0, 0.05) is 38.3 Å². The second-order valence-corrected chi connectivity index (χ2v) is 5.67. The molecule has 0 aliphatic carbocycles. The summed E-state index contributed by atoms with van der Waals surface area (Å²) in [6.45, 7) is 13.3. The summed E-state index contributed by atoms with van der Waals surface area (Å²) in [6.07, 6.45) is 5.18. The Morgan fingerprint density at radius 3 is 2.22 bits per heavy atom. The van der Waals surface area contributed by atoms with Crippen molar-refractivity contribution >= 4 is 0 Å². The molecule has 3 nitrogen and oxygen atoms in total. The van der Waals surface area contributed by atoms with Crippen molar-refractivity contribution in [2.24, 2.45) is 0 Å². The lowest BCUT2D eigenvalue weighted by molar-refractivity contribution is 0.0990. The molecule has 1 saturated heterocycles. The molecule has 0 aromatic rings. The lowest BCUT2D eigenvalue weighted by Gasteiger charge is -2.38. The van der Waals surface area contributed by atoms with E-state index in [1.807, 2.05) is 0 Å². The average Bonchev–Trinajstić information content (AvgIpc) is 2.43. The van der Waals surface area contributed by atoms with E-state index in [1.165, 1.54) is 58.4 Å². The molecule has 1 rings (SSSR count). The molecule has 0 radical (unpaired) electrons. The minimum absolute atomic E-state index is 0.714. The molecule has 0 aromatic heterocycles. The first-order valence-corrected chi connectivity index (χ1v) is 7.84. The maximum atomic E-state index is 3.39. The first-order chi connectivity index (χ1) is 8.71. The van der Waals surface area contributed by atoms with E-state index in [0.29, 0.717) is 6.04 Å². The summed E-state index contributed by atoms with van der Waals surface area (Å²) in [5.41, 5.74) is 0. The van der Waals surface area contributed by atoms with Gasteiger partial charge in [0.2, 0.25) is 0 Å². The highest BCUT2D eigenvalue weighted by Gasteiger charge is 2.19. The second-order valence-electron chi connectivity index (χ2n) is 5.67. The van der Waals surface area contributed by atoms with Crippen LogP contribution in [0.5, 0.6) is 0 Å². The highest BCUT2D eigenvalue weighted by Crippen LogP contribution is 2.10. The zero-order valence-electron chi connectivity index (χ0n) is 12.9. The molecule has 0 bridgehead atoms. The summed E-state index contributed by atoms with van der Waals surface area (Å²) in [7, 11) is 2.08. The fraction of sp³-hybridized carbons (Fsp3) is 1.00. The SMILES string of the molecule is CCC(CCCN1CCN(C(C)CC)CC1)NC. The van der Waals surface area contributed by atoms with Gasteiger partial charge in [-0.2, -0.15) is 0 Å². The molecule has 1 fully saturated rings. The number of nitrogens with one attached hydrogen (secondary N) is 1. The van der Waals surface area contributed by atoms with E-state index in [9.17, 15) is 0 Å². The number of hydrogen-bond acceptors (Lipinski definition) is 3. The molecule has 2 unspecified atom stereocenters. The van der Waals surface area contributed by atoms with E-state index < -0.39 is 0 Å². The van der Waals surface area contributed by atoms with Gasteiger partial charge in [-0.15, -0.1) is 0 Å². The lowest BCUT2D eigenvalue weighted by Crippen LogP contribution is -2.49. The molecule has 0 saturated carbocycles. The minimum Gasteiger partial charge on any atom is -0.317 e. The zero-order valence-corrected chi connectivity index (χ0v) is 12.9. The van der Waals surface area contributed by atoms with Crippen molar-refractivity contribution in [2.45, 2.75) is 58.5 Å². The van der Waals surface area contributed by atoms with Crippen molar-refractivity contribution in [1.82, 2.24) is 15.1 Å². The molecule has 108 valence electrons. The topological polar surface area (TPSA) is 18.5 Å². The summed E-state index contributed by atoms with van der Waals surface area (Å²) in [6, 6.07) is 1.48. The van der Waals surface area contributed by atoms with Crippen LogP contribution < -0.4 is 5.32 Å². The van der Waals surface area contributed by atoms with Gasteiger partial charge in [0.05, 0.1) is 0 Å². The summed E-state index contributed by atoms with van der Waals surface area (Å²) in [4.78, 5) is 5.28. The molecule has 18 heavy (non-hydrogen) atoms. The summed E-state index contributed by atoms with van der Waals surface area (Å²) >= 11 is 0. The van der Waals surface area contributed by atoms with Gasteiger partial charge in [-0.25, -0.2) is 0 Å². The van der Waals surface area contributed by atoms with Gasteiger partial charge in [0.25, 0.3) is 0 Å². The van der Waals surface area contributed by atoms with Crippen molar-refractivity contribution in [1.29, 1.82) is 0 Å². The number of nitrogens with zero attached hydrogens (tertiary/aromatic N) is 2. The smallest absolute Gasteiger partial charge is 0.0113 e. The Bertz CT molecular complexity index is 196. The van der Waals surface area contributed by atoms with Crippen LogP contribution in [-0.4, -0.2) is 61.7 Å².